The Morgan fingerprint density at radius 2 is 1.91 bits per heavy atom. The topological polar surface area (TPSA) is 92.7 Å². The van der Waals surface area contributed by atoms with Gasteiger partial charge in [-0.2, -0.15) is 0 Å². The number of carbonyl (C=O) groups excluding carboxylic acids is 1. The molecule has 0 spiro atoms. The number of nitrogens with zero attached hydrogens (tertiary/aromatic N) is 4. The molecule has 22 heavy (non-hydrogen) atoms. The van der Waals surface area contributed by atoms with Gasteiger partial charge in [-0.15, -0.1) is 22.7 Å². The van der Waals surface area contributed by atoms with Crippen molar-refractivity contribution >= 4 is 45.1 Å². The van der Waals surface area contributed by atoms with Gasteiger partial charge in [0.15, 0.2) is 5.69 Å². The summed E-state index contributed by atoms with van der Waals surface area (Å²) in [7, 11) is 0. The van der Waals surface area contributed by atoms with Crippen LogP contribution in [0.1, 0.15) is 20.5 Å². The van der Waals surface area contributed by atoms with Crippen molar-refractivity contribution in [3.8, 4) is 0 Å². The zero-order chi connectivity index (χ0) is 15.5. The third-order valence-corrected chi connectivity index (χ3v) is 4.29. The van der Waals surface area contributed by atoms with Crippen LogP contribution in [0, 0.1) is 13.8 Å². The van der Waals surface area contributed by atoms with Gasteiger partial charge in [0.2, 0.25) is 0 Å². The number of rotatable bonds is 4. The Morgan fingerprint density at radius 3 is 2.59 bits per heavy atom. The minimum atomic E-state index is -0.297. The molecule has 112 valence electrons. The Bertz CT molecular complexity index is 798. The van der Waals surface area contributed by atoms with Crippen molar-refractivity contribution in [1.29, 1.82) is 0 Å². The second kappa shape index (κ2) is 6.16. The Kier molecular flexibility index (Phi) is 4.07. The second-order valence-electron chi connectivity index (χ2n) is 4.37. The van der Waals surface area contributed by atoms with Gasteiger partial charge >= 0.3 is 0 Å². The minimum absolute atomic E-state index is 0.297. The highest BCUT2D eigenvalue weighted by Gasteiger charge is 2.18. The van der Waals surface area contributed by atoms with E-state index in [1.807, 2.05) is 13.8 Å². The highest BCUT2D eigenvalue weighted by atomic mass is 32.1. The van der Waals surface area contributed by atoms with Crippen molar-refractivity contribution in [3.05, 3.63) is 39.8 Å². The summed E-state index contributed by atoms with van der Waals surface area (Å²) < 4.78 is 0. The lowest BCUT2D eigenvalue weighted by Gasteiger charge is -2.05. The van der Waals surface area contributed by atoms with Gasteiger partial charge in [0.05, 0.1) is 28.1 Å². The van der Waals surface area contributed by atoms with Crippen molar-refractivity contribution in [3.63, 3.8) is 0 Å². The molecule has 3 aromatic rings. The SMILES string of the molecule is Cc1nc(NC(=O)c2nc(C)sc2Nc2cncnc2)cs1. The second-order valence-corrected chi connectivity index (χ2v) is 6.63. The summed E-state index contributed by atoms with van der Waals surface area (Å²) in [6.45, 7) is 3.73. The first kappa shape index (κ1) is 14.5. The first-order valence-corrected chi connectivity index (χ1v) is 8.04. The smallest absolute Gasteiger partial charge is 0.278 e. The highest BCUT2D eigenvalue weighted by molar-refractivity contribution is 7.16. The zero-order valence-corrected chi connectivity index (χ0v) is 13.5. The summed E-state index contributed by atoms with van der Waals surface area (Å²) in [5, 5.41) is 10.00. The van der Waals surface area contributed by atoms with Gasteiger partial charge in [0.25, 0.3) is 5.91 Å². The Labute approximate surface area is 134 Å². The average Bonchev–Trinajstić information content (AvgIpc) is 3.06. The molecule has 2 N–H and O–H groups in total. The maximum absolute atomic E-state index is 12.4. The number of carbonyl (C=O) groups is 1. The van der Waals surface area contributed by atoms with Crippen molar-refractivity contribution in [1.82, 2.24) is 19.9 Å². The first-order chi connectivity index (χ1) is 10.6. The fourth-order valence-electron chi connectivity index (χ4n) is 1.76. The van der Waals surface area contributed by atoms with E-state index < -0.39 is 0 Å². The number of aromatic nitrogens is 4. The van der Waals surface area contributed by atoms with E-state index in [4.69, 9.17) is 0 Å². The van der Waals surface area contributed by atoms with Crippen molar-refractivity contribution in [2.45, 2.75) is 13.8 Å². The molecule has 0 bridgehead atoms. The van der Waals surface area contributed by atoms with E-state index >= 15 is 0 Å². The maximum atomic E-state index is 12.4. The van der Waals surface area contributed by atoms with Crippen molar-refractivity contribution < 1.29 is 4.79 Å². The normalized spacial score (nSPS) is 10.5. The lowest BCUT2D eigenvalue weighted by Crippen LogP contribution is -2.14. The van der Waals surface area contributed by atoms with E-state index in [1.165, 1.54) is 29.0 Å². The number of amides is 1. The number of aryl methyl sites for hydroxylation is 2. The van der Waals surface area contributed by atoms with Gasteiger partial charge in [0, 0.05) is 5.38 Å². The van der Waals surface area contributed by atoms with E-state index in [-0.39, 0.29) is 5.91 Å². The fourth-order valence-corrected chi connectivity index (χ4v) is 3.14. The summed E-state index contributed by atoms with van der Waals surface area (Å²) in [6.07, 6.45) is 4.71. The molecule has 0 unspecified atom stereocenters. The third kappa shape index (κ3) is 3.26. The molecular formula is C13H12N6OS2. The molecule has 3 rings (SSSR count). The van der Waals surface area contributed by atoms with Gasteiger partial charge in [-0.25, -0.2) is 19.9 Å². The van der Waals surface area contributed by atoms with Crippen LogP contribution in [0.15, 0.2) is 24.1 Å². The summed E-state index contributed by atoms with van der Waals surface area (Å²) in [5.74, 6) is 0.237. The van der Waals surface area contributed by atoms with Gasteiger partial charge in [-0.1, -0.05) is 0 Å². The minimum Gasteiger partial charge on any atom is -0.343 e. The predicted molar refractivity (Wildman–Crippen MR) is 87.0 cm³/mol. The van der Waals surface area contributed by atoms with Gasteiger partial charge in [-0.3, -0.25) is 4.79 Å². The highest BCUT2D eigenvalue weighted by Crippen LogP contribution is 2.28. The molecule has 0 saturated heterocycles. The molecule has 9 heteroatoms. The molecule has 3 aromatic heterocycles. The predicted octanol–water partition coefficient (Wildman–Crippen LogP) is 3.00. The number of hydrogen-bond acceptors (Lipinski definition) is 8. The molecule has 0 fully saturated rings. The Hall–Kier alpha value is -2.39. The molecule has 0 atom stereocenters. The van der Waals surface area contributed by atoms with E-state index in [0.29, 0.717) is 22.2 Å². The monoisotopic (exact) mass is 332 g/mol. The van der Waals surface area contributed by atoms with Crippen LogP contribution in [0.2, 0.25) is 0 Å². The van der Waals surface area contributed by atoms with E-state index in [9.17, 15) is 4.79 Å². The van der Waals surface area contributed by atoms with Crippen LogP contribution in [0.4, 0.5) is 16.5 Å². The van der Waals surface area contributed by atoms with Crippen LogP contribution in [0.5, 0.6) is 0 Å². The molecule has 3 heterocycles. The van der Waals surface area contributed by atoms with Crippen molar-refractivity contribution in [2.75, 3.05) is 10.6 Å². The molecule has 0 aliphatic heterocycles. The maximum Gasteiger partial charge on any atom is 0.278 e. The summed E-state index contributed by atoms with van der Waals surface area (Å²) >= 11 is 2.87. The van der Waals surface area contributed by atoms with E-state index in [2.05, 4.69) is 30.6 Å². The van der Waals surface area contributed by atoms with Crippen LogP contribution < -0.4 is 10.6 Å². The molecule has 0 saturated carbocycles. The molecule has 0 aromatic carbocycles. The standard InChI is InChI=1S/C13H12N6OS2/c1-7-16-10(5-21-7)19-12(20)11-13(22-8(2)17-11)18-9-3-14-6-15-4-9/h3-6,18H,1-2H3,(H,19,20). The first-order valence-electron chi connectivity index (χ1n) is 6.35. The van der Waals surface area contributed by atoms with E-state index in [0.717, 1.165) is 10.0 Å². The summed E-state index contributed by atoms with van der Waals surface area (Å²) in [6, 6.07) is 0. The lowest BCUT2D eigenvalue weighted by molar-refractivity contribution is 0.102. The molecule has 0 aliphatic rings. The van der Waals surface area contributed by atoms with Crippen LogP contribution in [0.25, 0.3) is 0 Å². The van der Waals surface area contributed by atoms with Crippen LogP contribution in [-0.2, 0) is 0 Å². The van der Waals surface area contributed by atoms with Gasteiger partial charge < -0.3 is 10.6 Å². The van der Waals surface area contributed by atoms with Crippen LogP contribution in [-0.4, -0.2) is 25.8 Å². The van der Waals surface area contributed by atoms with Crippen molar-refractivity contribution in [2.24, 2.45) is 0 Å². The molecule has 7 nitrogen and oxygen atoms in total. The van der Waals surface area contributed by atoms with Crippen LogP contribution in [0.3, 0.4) is 0 Å². The Morgan fingerprint density at radius 1 is 1.14 bits per heavy atom. The lowest BCUT2D eigenvalue weighted by atomic mass is 10.4. The number of thiazole rings is 2. The number of hydrogen-bond donors (Lipinski definition) is 2. The van der Waals surface area contributed by atoms with Crippen LogP contribution >= 0.6 is 22.7 Å². The molecular weight excluding hydrogens is 320 g/mol. The summed E-state index contributed by atoms with van der Waals surface area (Å²) in [4.78, 5) is 28.7. The quantitative estimate of drug-likeness (QED) is 0.763. The zero-order valence-electron chi connectivity index (χ0n) is 11.8. The summed E-state index contributed by atoms with van der Waals surface area (Å²) in [5.41, 5.74) is 1.03. The molecule has 0 radical (unpaired) electrons. The molecule has 1 amide bonds. The number of anilines is 3. The Balaban J connectivity index is 1.82. The van der Waals surface area contributed by atoms with Gasteiger partial charge in [-0.05, 0) is 13.8 Å². The average molecular weight is 332 g/mol. The number of nitrogens with one attached hydrogen (secondary N) is 2. The van der Waals surface area contributed by atoms with E-state index in [1.54, 1.807) is 17.8 Å². The fraction of sp³-hybridized carbons (Fsp3) is 0.154. The molecule has 0 aliphatic carbocycles. The third-order valence-electron chi connectivity index (χ3n) is 2.63. The largest absolute Gasteiger partial charge is 0.343 e. The van der Waals surface area contributed by atoms with Gasteiger partial charge in [0.1, 0.15) is 17.1 Å².